The molecule has 0 aliphatic carbocycles. The molecule has 1 aliphatic rings. The Morgan fingerprint density at radius 1 is 1.53 bits per heavy atom. The van der Waals surface area contributed by atoms with Gasteiger partial charge in [-0.2, -0.15) is 0 Å². The van der Waals surface area contributed by atoms with Gasteiger partial charge in [0.1, 0.15) is 11.7 Å². The molecular weight excluding hydrogens is 200 g/mol. The predicted octanol–water partition coefficient (Wildman–Crippen LogP) is 1.09. The van der Waals surface area contributed by atoms with Crippen LogP contribution in [0.5, 0.6) is 0 Å². The number of aliphatic hydroxyl groups is 1. The minimum Gasteiger partial charge on any atom is -0.501 e. The summed E-state index contributed by atoms with van der Waals surface area (Å²) in [6, 6.07) is 0. The van der Waals surface area contributed by atoms with Crippen LogP contribution < -0.4 is 0 Å². The average Bonchev–Trinajstić information content (AvgIpc) is 2.44. The zero-order valence-electron chi connectivity index (χ0n) is 8.78. The van der Waals surface area contributed by atoms with E-state index in [-0.39, 0.29) is 12.2 Å². The lowest BCUT2D eigenvalue weighted by atomic mass is 10.1. The number of hydrogen-bond acceptors (Lipinski definition) is 5. The number of carbonyl (C=O) groups excluding carboxylic acids is 2. The second-order valence-corrected chi connectivity index (χ2v) is 3.17. The molecule has 1 N–H and O–H groups in total. The van der Waals surface area contributed by atoms with E-state index in [9.17, 15) is 14.7 Å². The number of hydrogen-bond donors (Lipinski definition) is 1. The van der Waals surface area contributed by atoms with Crippen LogP contribution in [0.25, 0.3) is 0 Å². The Morgan fingerprint density at radius 2 is 2.20 bits per heavy atom. The van der Waals surface area contributed by atoms with E-state index < -0.39 is 23.8 Å². The summed E-state index contributed by atoms with van der Waals surface area (Å²) in [5, 5.41) is 9.36. The van der Waals surface area contributed by atoms with Gasteiger partial charge in [0.25, 0.3) is 0 Å². The zero-order chi connectivity index (χ0) is 11.4. The van der Waals surface area contributed by atoms with E-state index in [0.717, 1.165) is 6.42 Å². The van der Waals surface area contributed by atoms with Gasteiger partial charge in [0, 0.05) is 0 Å². The molecule has 0 radical (unpaired) electrons. The van der Waals surface area contributed by atoms with Crippen molar-refractivity contribution in [1.82, 2.24) is 0 Å². The monoisotopic (exact) mass is 214 g/mol. The molecule has 15 heavy (non-hydrogen) atoms. The molecule has 0 aromatic carbocycles. The van der Waals surface area contributed by atoms with Crippen molar-refractivity contribution in [3.63, 3.8) is 0 Å². The van der Waals surface area contributed by atoms with Crippen molar-refractivity contribution in [2.45, 2.75) is 32.8 Å². The van der Waals surface area contributed by atoms with E-state index in [2.05, 4.69) is 0 Å². The third-order valence-electron chi connectivity index (χ3n) is 2.07. The average molecular weight is 214 g/mol. The van der Waals surface area contributed by atoms with Gasteiger partial charge in [0.05, 0.1) is 6.61 Å². The van der Waals surface area contributed by atoms with Crippen LogP contribution in [0.2, 0.25) is 0 Å². The summed E-state index contributed by atoms with van der Waals surface area (Å²) in [6.07, 6.45) is 0.583. The molecule has 1 aliphatic heterocycles. The Hall–Kier alpha value is -1.52. The molecule has 0 aromatic rings. The predicted molar refractivity (Wildman–Crippen MR) is 51.1 cm³/mol. The highest BCUT2D eigenvalue weighted by Gasteiger charge is 2.38. The van der Waals surface area contributed by atoms with Crippen LogP contribution in [-0.2, 0) is 19.1 Å². The summed E-state index contributed by atoms with van der Waals surface area (Å²) < 4.78 is 9.56. The lowest BCUT2D eigenvalue weighted by molar-refractivity contribution is -0.143. The normalized spacial score (nSPS) is 20.4. The molecule has 0 fully saturated rings. The Labute approximate surface area is 87.7 Å². The quantitative estimate of drug-likeness (QED) is 0.709. The Bertz CT molecular complexity index is 305. The molecule has 5 heteroatoms. The van der Waals surface area contributed by atoms with Crippen LogP contribution >= 0.6 is 0 Å². The van der Waals surface area contributed by atoms with Crippen molar-refractivity contribution in [1.29, 1.82) is 0 Å². The van der Waals surface area contributed by atoms with E-state index >= 15 is 0 Å². The second kappa shape index (κ2) is 4.82. The van der Waals surface area contributed by atoms with Gasteiger partial charge < -0.3 is 14.6 Å². The molecule has 0 spiro atoms. The minimum absolute atomic E-state index is 0.0521. The third kappa shape index (κ3) is 2.29. The molecule has 0 saturated carbocycles. The summed E-state index contributed by atoms with van der Waals surface area (Å²) in [5.41, 5.74) is -0.0521. The summed E-state index contributed by atoms with van der Waals surface area (Å²) in [6.45, 7) is 3.75. The van der Waals surface area contributed by atoms with Crippen molar-refractivity contribution < 1.29 is 24.2 Å². The maximum absolute atomic E-state index is 11.4. The van der Waals surface area contributed by atoms with E-state index in [1.54, 1.807) is 6.92 Å². The van der Waals surface area contributed by atoms with E-state index in [4.69, 9.17) is 9.47 Å². The molecule has 1 atom stereocenters. The highest BCUT2D eigenvalue weighted by atomic mass is 16.6. The molecule has 0 saturated heterocycles. The first-order valence-corrected chi connectivity index (χ1v) is 4.93. The standard InChI is InChI=1S/C10H14O5/c1-3-5-6-7(9(12)14-4-2)8(11)10(13)15-6/h6,11H,3-5H2,1-2H3. The van der Waals surface area contributed by atoms with Gasteiger partial charge in [-0.3, -0.25) is 0 Å². The first-order valence-electron chi connectivity index (χ1n) is 4.93. The fourth-order valence-corrected chi connectivity index (χ4v) is 1.41. The Balaban J connectivity index is 2.87. The first kappa shape index (κ1) is 11.6. The number of cyclic esters (lactones) is 1. The van der Waals surface area contributed by atoms with Crippen LogP contribution in [-0.4, -0.2) is 29.8 Å². The smallest absolute Gasteiger partial charge is 0.374 e. The largest absolute Gasteiger partial charge is 0.501 e. The van der Waals surface area contributed by atoms with Gasteiger partial charge in [-0.05, 0) is 13.3 Å². The zero-order valence-corrected chi connectivity index (χ0v) is 8.78. The van der Waals surface area contributed by atoms with E-state index in [1.165, 1.54) is 0 Å². The maximum atomic E-state index is 11.4. The third-order valence-corrected chi connectivity index (χ3v) is 2.07. The molecule has 0 bridgehead atoms. The Morgan fingerprint density at radius 3 is 2.73 bits per heavy atom. The summed E-state index contributed by atoms with van der Waals surface area (Å²) in [7, 11) is 0. The second-order valence-electron chi connectivity index (χ2n) is 3.17. The van der Waals surface area contributed by atoms with E-state index in [0.29, 0.717) is 6.42 Å². The first-order chi connectivity index (χ1) is 7.11. The highest BCUT2D eigenvalue weighted by molar-refractivity contribution is 6.02. The molecule has 0 amide bonds. The molecule has 1 rings (SSSR count). The summed E-state index contributed by atoms with van der Waals surface area (Å²) in [4.78, 5) is 22.5. The number of aliphatic hydroxyl groups excluding tert-OH is 1. The summed E-state index contributed by atoms with van der Waals surface area (Å²) in [5.74, 6) is -2.15. The summed E-state index contributed by atoms with van der Waals surface area (Å²) >= 11 is 0. The van der Waals surface area contributed by atoms with Crippen LogP contribution in [0.15, 0.2) is 11.3 Å². The van der Waals surface area contributed by atoms with Crippen molar-refractivity contribution in [2.75, 3.05) is 6.61 Å². The molecule has 1 unspecified atom stereocenters. The van der Waals surface area contributed by atoms with Gasteiger partial charge in [-0.25, -0.2) is 9.59 Å². The fraction of sp³-hybridized carbons (Fsp3) is 0.600. The van der Waals surface area contributed by atoms with Crippen LogP contribution in [0.3, 0.4) is 0 Å². The minimum atomic E-state index is -0.850. The number of ether oxygens (including phenoxy) is 2. The Kier molecular flexibility index (Phi) is 3.71. The molecule has 1 heterocycles. The molecule has 5 nitrogen and oxygen atoms in total. The maximum Gasteiger partial charge on any atom is 0.374 e. The highest BCUT2D eigenvalue weighted by Crippen LogP contribution is 2.25. The van der Waals surface area contributed by atoms with Gasteiger partial charge in [0.2, 0.25) is 5.76 Å². The van der Waals surface area contributed by atoms with E-state index in [1.807, 2.05) is 6.92 Å². The van der Waals surface area contributed by atoms with Crippen LogP contribution in [0, 0.1) is 0 Å². The topological polar surface area (TPSA) is 72.8 Å². The number of esters is 2. The van der Waals surface area contributed by atoms with Crippen LogP contribution in [0.1, 0.15) is 26.7 Å². The lowest BCUT2D eigenvalue weighted by Crippen LogP contribution is -2.19. The lowest BCUT2D eigenvalue weighted by Gasteiger charge is -2.10. The fourth-order valence-electron chi connectivity index (χ4n) is 1.41. The molecular formula is C10H14O5. The van der Waals surface area contributed by atoms with Gasteiger partial charge in [0.15, 0.2) is 0 Å². The van der Waals surface area contributed by atoms with Crippen molar-refractivity contribution in [2.24, 2.45) is 0 Å². The SMILES string of the molecule is CCCC1OC(=O)C(O)=C1C(=O)OCC. The van der Waals surface area contributed by atoms with Crippen molar-refractivity contribution in [3.05, 3.63) is 11.3 Å². The van der Waals surface area contributed by atoms with Crippen molar-refractivity contribution >= 4 is 11.9 Å². The van der Waals surface area contributed by atoms with Crippen molar-refractivity contribution in [3.8, 4) is 0 Å². The molecule has 0 aromatic heterocycles. The molecule has 84 valence electrons. The van der Waals surface area contributed by atoms with Crippen LogP contribution in [0.4, 0.5) is 0 Å². The number of rotatable bonds is 4. The number of carbonyl (C=O) groups is 2. The van der Waals surface area contributed by atoms with Gasteiger partial charge in [-0.1, -0.05) is 13.3 Å². The van der Waals surface area contributed by atoms with Gasteiger partial charge in [-0.15, -0.1) is 0 Å². The van der Waals surface area contributed by atoms with Gasteiger partial charge >= 0.3 is 11.9 Å².